The minimum Gasteiger partial charge on any atom is -0.480 e. The smallest absolute Gasteiger partial charge is 0.323 e. The second kappa shape index (κ2) is 5.47. The van der Waals surface area contributed by atoms with Gasteiger partial charge in [-0.2, -0.15) is 0 Å². The number of carbonyl (C=O) groups is 1. The van der Waals surface area contributed by atoms with E-state index in [2.05, 4.69) is 9.97 Å². The summed E-state index contributed by atoms with van der Waals surface area (Å²) >= 11 is 0. The molecule has 0 bridgehead atoms. The van der Waals surface area contributed by atoms with Crippen molar-refractivity contribution < 1.29 is 9.90 Å². The standard InChI is InChI=1S/C11H17N3O3/c1-4-7(2)14(6-11(16)17)9-5-10(15)13-8(3)12-9/h5,7H,4,6H2,1-3H3,(H,16,17)(H,12,13,15). The maximum atomic E-state index is 11.3. The number of aromatic nitrogens is 2. The second-order valence-electron chi connectivity index (χ2n) is 3.97. The highest BCUT2D eigenvalue weighted by Gasteiger charge is 2.18. The number of carboxylic acids is 1. The number of hydrogen-bond acceptors (Lipinski definition) is 4. The zero-order valence-electron chi connectivity index (χ0n) is 10.2. The van der Waals surface area contributed by atoms with Crippen LogP contribution in [0.2, 0.25) is 0 Å². The summed E-state index contributed by atoms with van der Waals surface area (Å²) < 4.78 is 0. The minimum atomic E-state index is -0.940. The Balaban J connectivity index is 3.11. The van der Waals surface area contributed by atoms with Crippen LogP contribution in [0.25, 0.3) is 0 Å². The molecule has 0 saturated carbocycles. The second-order valence-corrected chi connectivity index (χ2v) is 3.97. The van der Waals surface area contributed by atoms with Gasteiger partial charge in [0.25, 0.3) is 5.56 Å². The molecule has 0 amide bonds. The summed E-state index contributed by atoms with van der Waals surface area (Å²) in [6, 6.07) is 1.34. The van der Waals surface area contributed by atoms with Crippen LogP contribution in [0.15, 0.2) is 10.9 Å². The lowest BCUT2D eigenvalue weighted by atomic mass is 10.2. The SMILES string of the molecule is CCC(C)N(CC(=O)O)c1cc(=O)[nH]c(C)n1. The van der Waals surface area contributed by atoms with E-state index in [4.69, 9.17) is 5.11 Å². The van der Waals surface area contributed by atoms with Crippen LogP contribution < -0.4 is 10.5 Å². The van der Waals surface area contributed by atoms with E-state index in [1.165, 1.54) is 6.07 Å². The Labute approximate surface area is 99.3 Å². The molecule has 1 atom stereocenters. The van der Waals surface area contributed by atoms with Crippen molar-refractivity contribution in [2.75, 3.05) is 11.4 Å². The van der Waals surface area contributed by atoms with Crippen molar-refractivity contribution >= 4 is 11.8 Å². The first kappa shape index (κ1) is 13.2. The summed E-state index contributed by atoms with van der Waals surface area (Å²) in [6.45, 7) is 5.37. The van der Waals surface area contributed by atoms with Crippen LogP contribution in [0, 0.1) is 6.92 Å². The Morgan fingerprint density at radius 1 is 1.65 bits per heavy atom. The van der Waals surface area contributed by atoms with Crippen molar-refractivity contribution in [2.24, 2.45) is 0 Å². The van der Waals surface area contributed by atoms with Gasteiger partial charge >= 0.3 is 5.97 Å². The van der Waals surface area contributed by atoms with Gasteiger partial charge < -0.3 is 15.0 Å². The third kappa shape index (κ3) is 3.58. The molecule has 0 aliphatic heterocycles. The molecule has 1 heterocycles. The molecule has 1 aromatic heterocycles. The Morgan fingerprint density at radius 2 is 2.29 bits per heavy atom. The topological polar surface area (TPSA) is 86.3 Å². The molecule has 0 radical (unpaired) electrons. The average molecular weight is 239 g/mol. The molecule has 17 heavy (non-hydrogen) atoms. The molecule has 0 spiro atoms. The van der Waals surface area contributed by atoms with Crippen molar-refractivity contribution in [1.82, 2.24) is 9.97 Å². The van der Waals surface area contributed by atoms with Crippen LogP contribution in [0.3, 0.4) is 0 Å². The number of aliphatic carboxylic acids is 1. The molecule has 0 aliphatic carbocycles. The summed E-state index contributed by atoms with van der Waals surface area (Å²) in [5.41, 5.74) is -0.272. The lowest BCUT2D eigenvalue weighted by molar-refractivity contribution is -0.135. The fourth-order valence-corrected chi connectivity index (χ4v) is 1.54. The maximum absolute atomic E-state index is 11.3. The van der Waals surface area contributed by atoms with E-state index in [9.17, 15) is 9.59 Å². The van der Waals surface area contributed by atoms with E-state index in [0.717, 1.165) is 6.42 Å². The van der Waals surface area contributed by atoms with Crippen LogP contribution in [-0.4, -0.2) is 33.6 Å². The molecule has 1 rings (SSSR count). The first-order chi connectivity index (χ1) is 7.93. The third-order valence-electron chi connectivity index (χ3n) is 2.57. The number of rotatable bonds is 5. The molecule has 6 heteroatoms. The highest BCUT2D eigenvalue weighted by atomic mass is 16.4. The molecule has 0 aliphatic rings. The van der Waals surface area contributed by atoms with E-state index in [-0.39, 0.29) is 18.1 Å². The molecular formula is C11H17N3O3. The molecule has 2 N–H and O–H groups in total. The molecular weight excluding hydrogens is 222 g/mol. The molecule has 1 aromatic rings. The van der Waals surface area contributed by atoms with E-state index in [1.807, 2.05) is 13.8 Å². The first-order valence-corrected chi connectivity index (χ1v) is 5.50. The largest absolute Gasteiger partial charge is 0.480 e. The van der Waals surface area contributed by atoms with Crippen LogP contribution in [0.1, 0.15) is 26.1 Å². The minimum absolute atomic E-state index is 0.0137. The molecule has 0 aromatic carbocycles. The number of H-pyrrole nitrogens is 1. The molecule has 94 valence electrons. The molecule has 0 fully saturated rings. The van der Waals surface area contributed by atoms with E-state index < -0.39 is 5.97 Å². The number of nitrogens with zero attached hydrogens (tertiary/aromatic N) is 2. The van der Waals surface area contributed by atoms with Crippen LogP contribution in [0.4, 0.5) is 5.82 Å². The monoisotopic (exact) mass is 239 g/mol. The van der Waals surface area contributed by atoms with Gasteiger partial charge in [-0.1, -0.05) is 6.92 Å². The zero-order chi connectivity index (χ0) is 13.0. The van der Waals surface area contributed by atoms with Gasteiger partial charge in [-0.3, -0.25) is 9.59 Å². The van der Waals surface area contributed by atoms with Crippen molar-refractivity contribution in [3.8, 4) is 0 Å². The number of nitrogens with one attached hydrogen (secondary N) is 1. The molecule has 6 nitrogen and oxygen atoms in total. The Hall–Kier alpha value is -1.85. The summed E-state index contributed by atoms with van der Waals surface area (Å²) in [5, 5.41) is 8.87. The summed E-state index contributed by atoms with van der Waals surface area (Å²) in [6.07, 6.45) is 0.779. The lowest BCUT2D eigenvalue weighted by Gasteiger charge is -2.27. The van der Waals surface area contributed by atoms with E-state index in [1.54, 1.807) is 11.8 Å². The number of aromatic amines is 1. The van der Waals surface area contributed by atoms with Crippen molar-refractivity contribution in [2.45, 2.75) is 33.2 Å². The Bertz CT molecular complexity index is 456. The van der Waals surface area contributed by atoms with Crippen molar-refractivity contribution in [1.29, 1.82) is 0 Å². The number of aryl methyl sites for hydroxylation is 1. The van der Waals surface area contributed by atoms with Gasteiger partial charge in [-0.25, -0.2) is 4.98 Å². The Kier molecular flexibility index (Phi) is 4.25. The summed E-state index contributed by atoms with van der Waals surface area (Å²) in [5.74, 6) is -0.0563. The van der Waals surface area contributed by atoms with Gasteiger partial charge in [0.15, 0.2) is 0 Å². The average Bonchev–Trinajstić information content (AvgIpc) is 2.23. The maximum Gasteiger partial charge on any atom is 0.323 e. The van der Waals surface area contributed by atoms with Gasteiger partial charge in [-0.05, 0) is 20.3 Å². The molecule has 0 saturated heterocycles. The quantitative estimate of drug-likeness (QED) is 0.792. The third-order valence-corrected chi connectivity index (χ3v) is 2.57. The van der Waals surface area contributed by atoms with Gasteiger partial charge in [-0.15, -0.1) is 0 Å². The first-order valence-electron chi connectivity index (χ1n) is 5.50. The summed E-state index contributed by atoms with van der Waals surface area (Å²) in [7, 11) is 0. The normalized spacial score (nSPS) is 12.2. The van der Waals surface area contributed by atoms with Crippen LogP contribution in [0.5, 0.6) is 0 Å². The van der Waals surface area contributed by atoms with Gasteiger partial charge in [0.05, 0.1) is 0 Å². The van der Waals surface area contributed by atoms with E-state index in [0.29, 0.717) is 11.6 Å². The van der Waals surface area contributed by atoms with Gasteiger partial charge in [0.2, 0.25) is 0 Å². The van der Waals surface area contributed by atoms with Gasteiger partial charge in [0.1, 0.15) is 18.2 Å². The number of anilines is 1. The summed E-state index contributed by atoms with van der Waals surface area (Å²) in [4.78, 5) is 30.5. The highest BCUT2D eigenvalue weighted by molar-refractivity contribution is 5.73. The predicted molar refractivity (Wildman–Crippen MR) is 64.3 cm³/mol. The number of hydrogen-bond donors (Lipinski definition) is 2. The van der Waals surface area contributed by atoms with E-state index >= 15 is 0 Å². The van der Waals surface area contributed by atoms with Crippen molar-refractivity contribution in [3.05, 3.63) is 22.2 Å². The van der Waals surface area contributed by atoms with Crippen molar-refractivity contribution in [3.63, 3.8) is 0 Å². The van der Waals surface area contributed by atoms with Crippen LogP contribution in [-0.2, 0) is 4.79 Å². The van der Waals surface area contributed by atoms with Gasteiger partial charge in [0, 0.05) is 12.1 Å². The highest BCUT2D eigenvalue weighted by Crippen LogP contribution is 2.13. The molecule has 1 unspecified atom stereocenters. The zero-order valence-corrected chi connectivity index (χ0v) is 10.2. The fraction of sp³-hybridized carbons (Fsp3) is 0.545. The fourth-order valence-electron chi connectivity index (χ4n) is 1.54. The lowest BCUT2D eigenvalue weighted by Crippen LogP contribution is -2.38. The number of carboxylic acid groups (broad SMARTS) is 1. The predicted octanol–water partition coefficient (Wildman–Crippen LogP) is 0.768. The van der Waals surface area contributed by atoms with Crippen LogP contribution >= 0.6 is 0 Å². The Morgan fingerprint density at radius 3 is 2.76 bits per heavy atom.